The normalized spacial score (nSPS) is 10.1. The zero-order valence-electron chi connectivity index (χ0n) is 11.7. The van der Waals surface area contributed by atoms with Gasteiger partial charge in [-0.25, -0.2) is 0 Å². The van der Waals surface area contributed by atoms with Crippen LogP contribution in [0.3, 0.4) is 0 Å². The summed E-state index contributed by atoms with van der Waals surface area (Å²) in [6, 6.07) is 13.5. The van der Waals surface area contributed by atoms with Crippen molar-refractivity contribution in [3.8, 4) is 0 Å². The van der Waals surface area contributed by atoms with Crippen LogP contribution in [0.15, 0.2) is 47.8 Å². The minimum Gasteiger partial charge on any atom is -0.355 e. The smallest absolute Gasteiger partial charge is 0.224 e. The maximum atomic E-state index is 11.7. The first-order chi connectivity index (χ1) is 10.2. The molecule has 0 fully saturated rings. The molecule has 0 aliphatic carbocycles. The summed E-state index contributed by atoms with van der Waals surface area (Å²) in [4.78, 5) is 24.4. The number of carbonyl (C=O) groups is 2. The molecule has 0 unspecified atom stereocenters. The van der Waals surface area contributed by atoms with Crippen molar-refractivity contribution in [1.29, 1.82) is 0 Å². The second kappa shape index (κ2) is 8.21. The molecule has 0 spiro atoms. The molecular formula is C16H18N2O2S. The van der Waals surface area contributed by atoms with Gasteiger partial charge in [0.15, 0.2) is 0 Å². The summed E-state index contributed by atoms with van der Waals surface area (Å²) < 4.78 is 0. The third-order valence-corrected chi connectivity index (χ3v) is 3.80. The molecule has 110 valence electrons. The summed E-state index contributed by atoms with van der Waals surface area (Å²) in [5.74, 6) is -0.115. The van der Waals surface area contributed by atoms with Crippen LogP contribution in [0.5, 0.6) is 0 Å². The van der Waals surface area contributed by atoms with E-state index in [0.717, 1.165) is 10.4 Å². The van der Waals surface area contributed by atoms with Crippen molar-refractivity contribution in [3.05, 3.63) is 58.3 Å². The number of benzene rings is 1. The van der Waals surface area contributed by atoms with Gasteiger partial charge in [0.2, 0.25) is 11.8 Å². The number of carbonyl (C=O) groups excluding carboxylic acids is 2. The van der Waals surface area contributed by atoms with Gasteiger partial charge in [-0.05, 0) is 17.0 Å². The molecular weight excluding hydrogens is 284 g/mol. The Kier molecular flexibility index (Phi) is 5.97. The van der Waals surface area contributed by atoms with E-state index >= 15 is 0 Å². The van der Waals surface area contributed by atoms with Crippen LogP contribution >= 0.6 is 11.3 Å². The lowest BCUT2D eigenvalue weighted by Gasteiger charge is -2.06. The molecule has 2 N–H and O–H groups in total. The highest BCUT2D eigenvalue weighted by atomic mass is 32.1. The van der Waals surface area contributed by atoms with Gasteiger partial charge in [0, 0.05) is 17.8 Å². The molecule has 21 heavy (non-hydrogen) atoms. The van der Waals surface area contributed by atoms with Crippen LogP contribution in [0.25, 0.3) is 0 Å². The average molecular weight is 302 g/mol. The summed E-state index contributed by atoms with van der Waals surface area (Å²) in [5, 5.41) is 7.56. The lowest BCUT2D eigenvalue weighted by atomic mass is 10.1. The van der Waals surface area contributed by atoms with E-state index in [-0.39, 0.29) is 11.8 Å². The molecule has 2 amide bonds. The molecule has 0 atom stereocenters. The molecule has 2 rings (SSSR count). The van der Waals surface area contributed by atoms with Crippen molar-refractivity contribution in [1.82, 2.24) is 10.6 Å². The molecule has 0 aliphatic heterocycles. The van der Waals surface area contributed by atoms with Crippen molar-refractivity contribution in [2.24, 2.45) is 0 Å². The van der Waals surface area contributed by atoms with Gasteiger partial charge < -0.3 is 10.6 Å². The Bertz CT molecular complexity index is 567. The largest absolute Gasteiger partial charge is 0.355 e. The lowest BCUT2D eigenvalue weighted by molar-refractivity contribution is -0.122. The van der Waals surface area contributed by atoms with Crippen molar-refractivity contribution < 1.29 is 9.59 Å². The SMILES string of the molecule is O=C(CCNC(=O)Cc1ccccc1)NCc1cccs1. The van der Waals surface area contributed by atoms with Gasteiger partial charge in [0.1, 0.15) is 0 Å². The predicted octanol–water partition coefficient (Wildman–Crippen LogP) is 2.11. The Labute approximate surface area is 128 Å². The zero-order valence-corrected chi connectivity index (χ0v) is 12.5. The Morgan fingerprint density at radius 1 is 0.952 bits per heavy atom. The highest BCUT2D eigenvalue weighted by Gasteiger charge is 2.05. The monoisotopic (exact) mass is 302 g/mol. The van der Waals surface area contributed by atoms with Crippen molar-refractivity contribution >= 4 is 23.2 Å². The summed E-state index contributed by atoms with van der Waals surface area (Å²) in [6.07, 6.45) is 0.642. The van der Waals surface area contributed by atoms with E-state index in [1.54, 1.807) is 11.3 Å². The van der Waals surface area contributed by atoms with Gasteiger partial charge in [-0.3, -0.25) is 9.59 Å². The third kappa shape index (κ3) is 5.79. The van der Waals surface area contributed by atoms with Gasteiger partial charge in [0.05, 0.1) is 13.0 Å². The van der Waals surface area contributed by atoms with Crippen molar-refractivity contribution in [2.45, 2.75) is 19.4 Å². The molecule has 4 nitrogen and oxygen atoms in total. The fourth-order valence-corrected chi connectivity index (χ4v) is 2.49. The maximum absolute atomic E-state index is 11.7. The van der Waals surface area contributed by atoms with Crippen LogP contribution in [-0.2, 0) is 22.6 Å². The van der Waals surface area contributed by atoms with E-state index in [9.17, 15) is 9.59 Å². The average Bonchev–Trinajstić information content (AvgIpc) is 2.99. The summed E-state index contributed by atoms with van der Waals surface area (Å²) in [5.41, 5.74) is 0.970. The highest BCUT2D eigenvalue weighted by molar-refractivity contribution is 7.09. The first-order valence-corrected chi connectivity index (χ1v) is 7.72. The summed E-state index contributed by atoms with van der Waals surface area (Å²) in [7, 11) is 0. The number of nitrogens with one attached hydrogen (secondary N) is 2. The van der Waals surface area contributed by atoms with Crippen LogP contribution in [0, 0.1) is 0 Å². The first-order valence-electron chi connectivity index (χ1n) is 6.84. The molecule has 0 aliphatic rings. The summed E-state index contributed by atoms with van der Waals surface area (Å²) in [6.45, 7) is 0.913. The van der Waals surface area contributed by atoms with E-state index in [2.05, 4.69) is 10.6 Å². The number of amides is 2. The molecule has 1 aromatic carbocycles. The molecule has 5 heteroatoms. The molecule has 1 heterocycles. The Balaban J connectivity index is 1.60. The van der Waals surface area contributed by atoms with E-state index in [4.69, 9.17) is 0 Å². The van der Waals surface area contributed by atoms with E-state index in [0.29, 0.717) is 25.9 Å². The van der Waals surface area contributed by atoms with E-state index in [1.165, 1.54) is 0 Å². The molecule has 2 aromatic rings. The first kappa shape index (κ1) is 15.3. The van der Waals surface area contributed by atoms with E-state index < -0.39 is 0 Å². The Morgan fingerprint density at radius 2 is 1.76 bits per heavy atom. The molecule has 0 saturated heterocycles. The minimum atomic E-state index is -0.0627. The van der Waals surface area contributed by atoms with Crippen LogP contribution in [0.4, 0.5) is 0 Å². The minimum absolute atomic E-state index is 0.0524. The van der Waals surface area contributed by atoms with Gasteiger partial charge >= 0.3 is 0 Å². The van der Waals surface area contributed by atoms with Crippen molar-refractivity contribution in [3.63, 3.8) is 0 Å². The second-order valence-corrected chi connectivity index (χ2v) is 5.65. The second-order valence-electron chi connectivity index (χ2n) is 4.62. The third-order valence-electron chi connectivity index (χ3n) is 2.92. The van der Waals surface area contributed by atoms with Crippen LogP contribution < -0.4 is 10.6 Å². The number of rotatable bonds is 7. The van der Waals surface area contributed by atoms with Gasteiger partial charge in [0.25, 0.3) is 0 Å². The maximum Gasteiger partial charge on any atom is 0.224 e. The summed E-state index contributed by atoms with van der Waals surface area (Å²) >= 11 is 1.61. The van der Waals surface area contributed by atoms with Crippen LogP contribution in [-0.4, -0.2) is 18.4 Å². The standard InChI is InChI=1S/C16H18N2O2S/c19-15(18-12-14-7-4-10-21-14)8-9-17-16(20)11-13-5-2-1-3-6-13/h1-7,10H,8-9,11-12H2,(H,17,20)(H,18,19). The fourth-order valence-electron chi connectivity index (χ4n) is 1.85. The highest BCUT2D eigenvalue weighted by Crippen LogP contribution is 2.07. The van der Waals surface area contributed by atoms with Crippen LogP contribution in [0.1, 0.15) is 16.9 Å². The number of thiophene rings is 1. The van der Waals surface area contributed by atoms with Gasteiger partial charge in [-0.1, -0.05) is 36.4 Å². The van der Waals surface area contributed by atoms with E-state index in [1.807, 2.05) is 47.8 Å². The van der Waals surface area contributed by atoms with Gasteiger partial charge in [-0.2, -0.15) is 0 Å². The Morgan fingerprint density at radius 3 is 2.48 bits per heavy atom. The topological polar surface area (TPSA) is 58.2 Å². The van der Waals surface area contributed by atoms with Gasteiger partial charge in [-0.15, -0.1) is 11.3 Å². The number of hydrogen-bond donors (Lipinski definition) is 2. The zero-order chi connectivity index (χ0) is 14.9. The predicted molar refractivity (Wildman–Crippen MR) is 83.9 cm³/mol. The lowest BCUT2D eigenvalue weighted by Crippen LogP contribution is -2.31. The number of hydrogen-bond acceptors (Lipinski definition) is 3. The quantitative estimate of drug-likeness (QED) is 0.823. The van der Waals surface area contributed by atoms with Crippen LogP contribution in [0.2, 0.25) is 0 Å². The molecule has 1 aromatic heterocycles. The Hall–Kier alpha value is -2.14. The fraction of sp³-hybridized carbons (Fsp3) is 0.250. The molecule has 0 radical (unpaired) electrons. The molecule has 0 bridgehead atoms. The molecule has 0 saturated carbocycles. The van der Waals surface area contributed by atoms with Crippen molar-refractivity contribution in [2.75, 3.05) is 6.54 Å².